The Hall–Kier alpha value is -3.56. The van der Waals surface area contributed by atoms with Crippen LogP contribution in [0.25, 0.3) is 6.08 Å². The van der Waals surface area contributed by atoms with Gasteiger partial charge in [0.05, 0.1) is 32.6 Å². The van der Waals surface area contributed by atoms with Crippen LogP contribution < -0.4 is 24.4 Å². The highest BCUT2D eigenvalue weighted by Gasteiger charge is 2.26. The molecule has 0 spiro atoms. The first-order valence-corrected chi connectivity index (χ1v) is 11.7. The van der Waals surface area contributed by atoms with Crippen LogP contribution in [0.4, 0.5) is 11.4 Å². The van der Waals surface area contributed by atoms with Crippen LogP contribution in [0, 0.1) is 0 Å². The van der Waals surface area contributed by atoms with Crippen LogP contribution in [0.2, 0.25) is 0 Å². The molecule has 0 aliphatic carbocycles. The molecule has 2 aromatic rings. The summed E-state index contributed by atoms with van der Waals surface area (Å²) in [7, 11) is 1.58. The second-order valence-electron chi connectivity index (χ2n) is 8.14. The summed E-state index contributed by atoms with van der Waals surface area (Å²) in [6.45, 7) is 6.95. The van der Waals surface area contributed by atoms with E-state index in [1.54, 1.807) is 30.2 Å². The standard InChI is InChI=1S/C26H31N3O6/c1-3-34-22-8-4-19(16-24(22)32-2)5-9-25(30)27-20-6-7-21-23(17-20)35-18-26(31)29(21)11-10-28-12-14-33-15-13-28/h4-9,16-17H,3,10-15,18H2,1-2H3,(H,27,30)/b9-5+. The molecule has 0 aromatic heterocycles. The molecule has 2 heterocycles. The highest BCUT2D eigenvalue weighted by atomic mass is 16.5. The molecule has 2 aliphatic heterocycles. The first-order chi connectivity index (χ1) is 17.1. The van der Waals surface area contributed by atoms with Gasteiger partial charge >= 0.3 is 0 Å². The quantitative estimate of drug-likeness (QED) is 0.551. The number of rotatable bonds is 9. The van der Waals surface area contributed by atoms with Crippen LogP contribution >= 0.6 is 0 Å². The monoisotopic (exact) mass is 481 g/mol. The molecule has 35 heavy (non-hydrogen) atoms. The molecule has 0 radical (unpaired) electrons. The Morgan fingerprint density at radius 3 is 2.71 bits per heavy atom. The Labute approximate surface area is 205 Å². The zero-order valence-corrected chi connectivity index (χ0v) is 20.1. The lowest BCUT2D eigenvalue weighted by atomic mass is 10.1. The van der Waals surface area contributed by atoms with Crippen LogP contribution in [0.15, 0.2) is 42.5 Å². The van der Waals surface area contributed by atoms with Gasteiger partial charge in [0.2, 0.25) is 5.91 Å². The maximum absolute atomic E-state index is 12.5. The fourth-order valence-electron chi connectivity index (χ4n) is 4.01. The third kappa shape index (κ3) is 6.32. The molecular formula is C26H31N3O6. The van der Waals surface area contributed by atoms with Crippen LogP contribution in [0.5, 0.6) is 17.2 Å². The molecule has 0 saturated carbocycles. The Morgan fingerprint density at radius 1 is 1.11 bits per heavy atom. The number of hydrogen-bond donors (Lipinski definition) is 1. The van der Waals surface area contributed by atoms with Gasteiger partial charge in [0.25, 0.3) is 5.91 Å². The van der Waals surface area contributed by atoms with Crippen molar-refractivity contribution in [1.29, 1.82) is 0 Å². The Bertz CT molecular complexity index is 1080. The normalized spacial score (nSPS) is 16.1. The van der Waals surface area contributed by atoms with Crippen LogP contribution in [-0.4, -0.2) is 76.4 Å². The third-order valence-electron chi connectivity index (χ3n) is 5.83. The van der Waals surface area contributed by atoms with Gasteiger partial charge in [0.15, 0.2) is 18.1 Å². The molecule has 0 unspecified atom stereocenters. The van der Waals surface area contributed by atoms with Gasteiger partial charge in [-0.1, -0.05) is 6.07 Å². The second-order valence-corrected chi connectivity index (χ2v) is 8.14. The molecular weight excluding hydrogens is 450 g/mol. The molecule has 9 nitrogen and oxygen atoms in total. The van der Waals surface area contributed by atoms with Gasteiger partial charge in [-0.15, -0.1) is 0 Å². The van der Waals surface area contributed by atoms with E-state index in [0.29, 0.717) is 41.8 Å². The molecule has 4 rings (SSSR count). The molecule has 1 fully saturated rings. The van der Waals surface area contributed by atoms with Crippen LogP contribution in [0.3, 0.4) is 0 Å². The summed E-state index contributed by atoms with van der Waals surface area (Å²) in [6, 6.07) is 10.8. The molecule has 0 atom stereocenters. The van der Waals surface area contributed by atoms with Gasteiger partial charge in [-0.3, -0.25) is 14.5 Å². The van der Waals surface area contributed by atoms with Crippen molar-refractivity contribution in [3.63, 3.8) is 0 Å². The van der Waals surface area contributed by atoms with E-state index >= 15 is 0 Å². The van der Waals surface area contributed by atoms with Gasteiger partial charge in [0, 0.05) is 44.0 Å². The summed E-state index contributed by atoms with van der Waals surface area (Å²) in [6.07, 6.45) is 3.15. The number of ether oxygens (including phenoxy) is 4. The van der Waals surface area contributed by atoms with Crippen molar-refractivity contribution in [3.8, 4) is 17.2 Å². The van der Waals surface area contributed by atoms with Crippen LogP contribution in [-0.2, 0) is 14.3 Å². The van der Waals surface area contributed by atoms with E-state index in [2.05, 4.69) is 10.2 Å². The number of nitrogens with zero attached hydrogens (tertiary/aromatic N) is 2. The van der Waals surface area contributed by atoms with Crippen molar-refractivity contribution in [1.82, 2.24) is 4.90 Å². The maximum Gasteiger partial charge on any atom is 0.265 e. The van der Waals surface area contributed by atoms with Crippen molar-refractivity contribution in [2.24, 2.45) is 0 Å². The number of benzene rings is 2. The minimum Gasteiger partial charge on any atom is -0.493 e. The Morgan fingerprint density at radius 2 is 1.94 bits per heavy atom. The van der Waals surface area contributed by atoms with Gasteiger partial charge in [-0.05, 0) is 42.8 Å². The molecule has 1 N–H and O–H groups in total. The molecule has 1 saturated heterocycles. The third-order valence-corrected chi connectivity index (χ3v) is 5.83. The summed E-state index contributed by atoms with van der Waals surface area (Å²) in [4.78, 5) is 29.0. The fraction of sp³-hybridized carbons (Fsp3) is 0.385. The summed E-state index contributed by atoms with van der Waals surface area (Å²) in [5.74, 6) is 1.48. The smallest absolute Gasteiger partial charge is 0.265 e. The van der Waals surface area contributed by atoms with Crippen LogP contribution in [0.1, 0.15) is 12.5 Å². The molecule has 9 heteroatoms. The number of amides is 2. The number of carbonyl (C=O) groups excluding carboxylic acids is 2. The van der Waals surface area contributed by atoms with E-state index in [0.717, 1.165) is 38.4 Å². The van der Waals surface area contributed by atoms with E-state index < -0.39 is 0 Å². The molecule has 2 aromatic carbocycles. The van der Waals surface area contributed by atoms with Crippen molar-refractivity contribution in [3.05, 3.63) is 48.0 Å². The molecule has 2 amide bonds. The summed E-state index contributed by atoms with van der Waals surface area (Å²) in [5, 5.41) is 2.85. The van der Waals surface area contributed by atoms with E-state index in [1.807, 2.05) is 31.2 Å². The number of carbonyl (C=O) groups is 2. The number of nitrogens with one attached hydrogen (secondary N) is 1. The average molecular weight is 482 g/mol. The predicted octanol–water partition coefficient (Wildman–Crippen LogP) is 2.80. The zero-order valence-electron chi connectivity index (χ0n) is 20.1. The molecule has 2 aliphatic rings. The summed E-state index contributed by atoms with van der Waals surface area (Å²) in [5.41, 5.74) is 2.11. The Kier molecular flexibility index (Phi) is 8.23. The van der Waals surface area contributed by atoms with E-state index in [9.17, 15) is 9.59 Å². The lowest BCUT2D eigenvalue weighted by molar-refractivity contribution is -0.121. The minimum atomic E-state index is -0.283. The van der Waals surface area contributed by atoms with E-state index in [4.69, 9.17) is 18.9 Å². The summed E-state index contributed by atoms with van der Waals surface area (Å²) < 4.78 is 21.9. The van der Waals surface area contributed by atoms with Crippen molar-refractivity contribution < 1.29 is 28.5 Å². The number of fused-ring (bicyclic) bond motifs is 1. The number of hydrogen-bond acceptors (Lipinski definition) is 7. The SMILES string of the molecule is CCOc1ccc(/C=C/C(=O)Nc2ccc3c(c2)OCC(=O)N3CCN2CCOCC2)cc1OC. The van der Waals surface area contributed by atoms with Gasteiger partial charge in [-0.25, -0.2) is 0 Å². The minimum absolute atomic E-state index is 0.0208. The van der Waals surface area contributed by atoms with E-state index in [1.165, 1.54) is 6.08 Å². The highest BCUT2D eigenvalue weighted by molar-refractivity contribution is 6.03. The lowest BCUT2D eigenvalue weighted by Gasteiger charge is -2.33. The van der Waals surface area contributed by atoms with Crippen molar-refractivity contribution in [2.45, 2.75) is 6.92 Å². The second kappa shape index (κ2) is 11.7. The largest absolute Gasteiger partial charge is 0.493 e. The Balaban J connectivity index is 1.38. The topological polar surface area (TPSA) is 89.6 Å². The predicted molar refractivity (Wildman–Crippen MR) is 133 cm³/mol. The average Bonchev–Trinajstić information content (AvgIpc) is 2.88. The molecule has 186 valence electrons. The van der Waals surface area contributed by atoms with Gasteiger partial charge < -0.3 is 29.2 Å². The summed E-state index contributed by atoms with van der Waals surface area (Å²) >= 11 is 0. The number of anilines is 2. The van der Waals surface area contributed by atoms with E-state index in [-0.39, 0.29) is 18.4 Å². The molecule has 0 bridgehead atoms. The first kappa shape index (κ1) is 24.6. The fourth-order valence-corrected chi connectivity index (χ4v) is 4.01. The number of methoxy groups -OCH3 is 1. The number of morpholine rings is 1. The first-order valence-electron chi connectivity index (χ1n) is 11.7. The van der Waals surface area contributed by atoms with Gasteiger partial charge in [-0.2, -0.15) is 0 Å². The van der Waals surface area contributed by atoms with Gasteiger partial charge in [0.1, 0.15) is 5.75 Å². The zero-order chi connectivity index (χ0) is 24.6. The van der Waals surface area contributed by atoms with Crippen molar-refractivity contribution in [2.75, 3.05) is 69.9 Å². The lowest BCUT2D eigenvalue weighted by Crippen LogP contribution is -2.45. The highest BCUT2D eigenvalue weighted by Crippen LogP contribution is 2.34. The van der Waals surface area contributed by atoms with Crippen molar-refractivity contribution >= 4 is 29.3 Å². The maximum atomic E-state index is 12.5.